The summed E-state index contributed by atoms with van der Waals surface area (Å²) >= 11 is 0. The Labute approximate surface area is 125 Å². The van der Waals surface area contributed by atoms with Gasteiger partial charge in [0.15, 0.2) is 12.4 Å². The molecule has 21 heavy (non-hydrogen) atoms. The maximum atomic E-state index is 12.3. The molecule has 116 valence electrons. The van der Waals surface area contributed by atoms with E-state index in [4.69, 9.17) is 10.5 Å². The molecule has 1 aliphatic heterocycles. The van der Waals surface area contributed by atoms with Gasteiger partial charge in [-0.2, -0.15) is 5.10 Å². The molecule has 1 saturated carbocycles. The highest BCUT2D eigenvalue weighted by molar-refractivity contribution is 5.78. The molecule has 3 unspecified atom stereocenters. The van der Waals surface area contributed by atoms with Crippen molar-refractivity contribution in [1.82, 2.24) is 14.7 Å². The Morgan fingerprint density at radius 2 is 2.14 bits per heavy atom. The highest BCUT2D eigenvalue weighted by atomic mass is 16.5. The monoisotopic (exact) mass is 292 g/mol. The molecule has 2 N–H and O–H groups in total. The molecule has 1 saturated heterocycles. The van der Waals surface area contributed by atoms with Crippen LogP contribution in [-0.2, 0) is 11.8 Å². The third-order valence-electron chi connectivity index (χ3n) is 5.05. The van der Waals surface area contributed by atoms with Crippen LogP contribution in [0.25, 0.3) is 0 Å². The molecule has 0 radical (unpaired) electrons. The van der Waals surface area contributed by atoms with Gasteiger partial charge in [0.05, 0.1) is 5.69 Å². The van der Waals surface area contributed by atoms with E-state index in [1.165, 1.54) is 0 Å². The summed E-state index contributed by atoms with van der Waals surface area (Å²) in [5, 5.41) is 4.29. The van der Waals surface area contributed by atoms with Crippen molar-refractivity contribution in [3.05, 3.63) is 11.4 Å². The molecule has 1 aromatic rings. The second kappa shape index (κ2) is 5.33. The van der Waals surface area contributed by atoms with E-state index in [1.54, 1.807) is 4.68 Å². The number of hydrogen-bond acceptors (Lipinski definition) is 4. The lowest BCUT2D eigenvalue weighted by atomic mass is 9.98. The second-order valence-electron chi connectivity index (χ2n) is 6.38. The van der Waals surface area contributed by atoms with Crippen LogP contribution in [0.3, 0.4) is 0 Å². The minimum Gasteiger partial charge on any atom is -0.480 e. The van der Waals surface area contributed by atoms with Crippen molar-refractivity contribution in [2.24, 2.45) is 24.6 Å². The zero-order chi connectivity index (χ0) is 15.1. The van der Waals surface area contributed by atoms with E-state index in [0.717, 1.165) is 43.1 Å². The average molecular weight is 292 g/mol. The molecule has 0 bridgehead atoms. The third kappa shape index (κ3) is 2.52. The fourth-order valence-electron chi connectivity index (χ4n) is 3.70. The van der Waals surface area contributed by atoms with Crippen molar-refractivity contribution in [3.63, 3.8) is 0 Å². The number of nitrogens with two attached hydrogens (primary N) is 1. The van der Waals surface area contributed by atoms with Gasteiger partial charge in [-0.05, 0) is 38.5 Å². The summed E-state index contributed by atoms with van der Waals surface area (Å²) in [4.78, 5) is 14.2. The van der Waals surface area contributed by atoms with Crippen molar-refractivity contribution in [2.75, 3.05) is 19.7 Å². The predicted octanol–water partition coefficient (Wildman–Crippen LogP) is 0.611. The highest BCUT2D eigenvalue weighted by Crippen LogP contribution is 2.37. The topological polar surface area (TPSA) is 73.4 Å². The molecule has 3 rings (SSSR count). The summed E-state index contributed by atoms with van der Waals surface area (Å²) in [7, 11) is 1.88. The number of nitrogens with zero attached hydrogens (tertiary/aromatic N) is 3. The molecule has 2 aliphatic rings. The van der Waals surface area contributed by atoms with E-state index < -0.39 is 0 Å². The minimum atomic E-state index is 0.0549. The van der Waals surface area contributed by atoms with Gasteiger partial charge in [-0.3, -0.25) is 9.48 Å². The molecule has 6 nitrogen and oxygen atoms in total. The Kier molecular flexibility index (Phi) is 3.65. The van der Waals surface area contributed by atoms with Crippen LogP contribution < -0.4 is 10.5 Å². The van der Waals surface area contributed by atoms with Gasteiger partial charge < -0.3 is 15.4 Å². The van der Waals surface area contributed by atoms with Gasteiger partial charge in [0, 0.05) is 26.2 Å². The number of hydrogen-bond donors (Lipinski definition) is 1. The molecule has 0 spiro atoms. The number of aryl methyl sites for hydroxylation is 2. The molecule has 2 fully saturated rings. The van der Waals surface area contributed by atoms with E-state index in [1.807, 2.05) is 25.8 Å². The minimum absolute atomic E-state index is 0.0549. The molecular weight excluding hydrogens is 268 g/mol. The zero-order valence-electron chi connectivity index (χ0n) is 13.0. The summed E-state index contributed by atoms with van der Waals surface area (Å²) in [6.07, 6.45) is 2.25. The van der Waals surface area contributed by atoms with Crippen LogP contribution >= 0.6 is 0 Å². The Morgan fingerprint density at radius 1 is 1.38 bits per heavy atom. The fraction of sp³-hybridized carbons (Fsp3) is 0.733. The van der Waals surface area contributed by atoms with Crippen LogP contribution in [-0.4, -0.2) is 46.3 Å². The number of carbonyl (C=O) groups excluding carboxylic acids is 1. The number of amides is 1. The Bertz CT molecular complexity index is 554. The van der Waals surface area contributed by atoms with Gasteiger partial charge in [-0.25, -0.2) is 0 Å². The van der Waals surface area contributed by atoms with Crippen LogP contribution in [0.2, 0.25) is 0 Å². The Morgan fingerprint density at radius 3 is 2.76 bits per heavy atom. The predicted molar refractivity (Wildman–Crippen MR) is 78.9 cm³/mol. The largest absolute Gasteiger partial charge is 0.480 e. The van der Waals surface area contributed by atoms with Gasteiger partial charge in [0.2, 0.25) is 0 Å². The number of ether oxygens (including phenoxy) is 1. The van der Waals surface area contributed by atoms with Crippen LogP contribution in [0.5, 0.6) is 5.75 Å². The molecule has 0 aromatic carbocycles. The fourth-order valence-corrected chi connectivity index (χ4v) is 3.70. The molecule has 1 aliphatic carbocycles. The van der Waals surface area contributed by atoms with E-state index in [9.17, 15) is 4.79 Å². The Hall–Kier alpha value is -1.56. The summed E-state index contributed by atoms with van der Waals surface area (Å²) in [5.41, 5.74) is 7.88. The van der Waals surface area contributed by atoms with Crippen molar-refractivity contribution >= 4 is 5.91 Å². The van der Waals surface area contributed by atoms with Crippen LogP contribution in [0.4, 0.5) is 0 Å². The lowest BCUT2D eigenvalue weighted by Crippen LogP contribution is -2.36. The van der Waals surface area contributed by atoms with Gasteiger partial charge in [0.1, 0.15) is 5.69 Å². The third-order valence-corrected chi connectivity index (χ3v) is 5.05. The van der Waals surface area contributed by atoms with E-state index >= 15 is 0 Å². The van der Waals surface area contributed by atoms with Crippen LogP contribution in [0.15, 0.2) is 0 Å². The number of rotatable bonds is 3. The maximum absolute atomic E-state index is 12.3. The first-order valence-electron chi connectivity index (χ1n) is 7.63. The number of likely N-dealkylation sites (tertiary alicyclic amines) is 1. The number of carbonyl (C=O) groups is 1. The highest BCUT2D eigenvalue weighted by Gasteiger charge is 2.42. The van der Waals surface area contributed by atoms with E-state index in [-0.39, 0.29) is 18.6 Å². The summed E-state index contributed by atoms with van der Waals surface area (Å²) < 4.78 is 7.48. The summed E-state index contributed by atoms with van der Waals surface area (Å²) in [6.45, 7) is 5.55. The van der Waals surface area contributed by atoms with Crippen molar-refractivity contribution in [3.8, 4) is 5.75 Å². The van der Waals surface area contributed by atoms with E-state index in [2.05, 4.69) is 5.10 Å². The SMILES string of the molecule is Cc1nn(C)c(C)c1OCC(=O)N1CC2CCC(N)C2C1. The first-order valence-corrected chi connectivity index (χ1v) is 7.63. The number of aromatic nitrogens is 2. The van der Waals surface area contributed by atoms with Gasteiger partial charge in [0.25, 0.3) is 5.91 Å². The first kappa shape index (κ1) is 14.4. The average Bonchev–Trinajstić information content (AvgIpc) is 3.07. The van der Waals surface area contributed by atoms with Crippen LogP contribution in [0, 0.1) is 25.7 Å². The van der Waals surface area contributed by atoms with Gasteiger partial charge in [-0.15, -0.1) is 0 Å². The quantitative estimate of drug-likeness (QED) is 0.886. The molecular formula is C15H24N4O2. The normalized spacial score (nSPS) is 28.0. The molecule has 1 amide bonds. The molecule has 3 atom stereocenters. The van der Waals surface area contributed by atoms with Crippen molar-refractivity contribution < 1.29 is 9.53 Å². The molecule has 1 aromatic heterocycles. The summed E-state index contributed by atoms with van der Waals surface area (Å²) in [6, 6.07) is 0.261. The smallest absolute Gasteiger partial charge is 0.260 e. The van der Waals surface area contributed by atoms with E-state index in [0.29, 0.717) is 11.8 Å². The maximum Gasteiger partial charge on any atom is 0.260 e. The zero-order valence-corrected chi connectivity index (χ0v) is 13.0. The standard InChI is InChI=1S/C15H24N4O2/c1-9-15(10(2)18(3)17-9)21-8-14(20)19-6-11-4-5-13(16)12(11)7-19/h11-13H,4-8,16H2,1-3H3. The van der Waals surface area contributed by atoms with Crippen molar-refractivity contribution in [2.45, 2.75) is 32.7 Å². The lowest BCUT2D eigenvalue weighted by molar-refractivity contribution is -0.132. The number of fused-ring (bicyclic) bond motifs is 1. The van der Waals surface area contributed by atoms with Gasteiger partial charge in [-0.1, -0.05) is 0 Å². The Balaban J connectivity index is 1.58. The summed E-state index contributed by atoms with van der Waals surface area (Å²) in [5.74, 6) is 1.85. The molecule has 6 heteroatoms. The second-order valence-corrected chi connectivity index (χ2v) is 6.38. The van der Waals surface area contributed by atoms with Gasteiger partial charge >= 0.3 is 0 Å². The lowest BCUT2D eigenvalue weighted by Gasteiger charge is -2.19. The molecule has 2 heterocycles. The first-order chi connectivity index (χ1) is 9.97. The van der Waals surface area contributed by atoms with Crippen LogP contribution in [0.1, 0.15) is 24.2 Å². The van der Waals surface area contributed by atoms with Crippen molar-refractivity contribution in [1.29, 1.82) is 0 Å².